The van der Waals surface area contributed by atoms with Gasteiger partial charge in [-0.2, -0.15) is 0 Å². The number of rotatable bonds is 12. The summed E-state index contributed by atoms with van der Waals surface area (Å²) in [6, 6.07) is 0. The van der Waals surface area contributed by atoms with Crippen LogP contribution in [-0.2, 0) is 19.7 Å². The molecule has 2 fully saturated rings. The third-order valence-corrected chi connectivity index (χ3v) is 13.2. The van der Waals surface area contributed by atoms with E-state index < -0.39 is 34.6 Å². The molecule has 2 saturated carbocycles. The summed E-state index contributed by atoms with van der Waals surface area (Å²) in [6.07, 6.45) is 16.9. The summed E-state index contributed by atoms with van der Waals surface area (Å²) in [5.41, 5.74) is 9.53. The predicted molar refractivity (Wildman–Crippen MR) is 135 cm³/mol. The van der Waals surface area contributed by atoms with Gasteiger partial charge in [0.05, 0.1) is 10.5 Å². The summed E-state index contributed by atoms with van der Waals surface area (Å²) in [4.78, 5) is 2.90. The van der Waals surface area contributed by atoms with E-state index in [-0.39, 0.29) is 0 Å². The Balaban J connectivity index is 1.92. The predicted octanol–water partition coefficient (Wildman–Crippen LogP) is 6.46. The second-order valence-electron chi connectivity index (χ2n) is 10.4. The summed E-state index contributed by atoms with van der Waals surface area (Å²) >= 11 is 0. The summed E-state index contributed by atoms with van der Waals surface area (Å²) in [7, 11) is -8.31. The zero-order valence-corrected chi connectivity index (χ0v) is 22.5. The normalized spacial score (nSPS) is 26.6. The molecule has 0 aromatic heterocycles. The van der Waals surface area contributed by atoms with Gasteiger partial charge in [-0.3, -0.25) is 0 Å². The van der Waals surface area contributed by atoms with Gasteiger partial charge >= 0.3 is 4.38 Å². The van der Waals surface area contributed by atoms with Crippen LogP contribution in [0.25, 0.3) is 5.53 Å². The van der Waals surface area contributed by atoms with E-state index in [0.717, 1.165) is 38.5 Å². The van der Waals surface area contributed by atoms with E-state index in [9.17, 15) is 22.4 Å². The molecular weight excluding hydrogens is 456 g/mol. The first kappa shape index (κ1) is 28.5. The average molecular weight is 503 g/mol. The maximum Gasteiger partial charge on any atom is 0.495 e. The molecule has 2 aliphatic carbocycles. The van der Waals surface area contributed by atoms with Crippen molar-refractivity contribution >= 4 is 24.1 Å². The summed E-state index contributed by atoms with van der Waals surface area (Å²) < 4.78 is 51.9. The molecule has 0 atom stereocenters. The first-order valence-electron chi connectivity index (χ1n) is 13.5. The molecular formula is C25H46N2O4S2. The van der Waals surface area contributed by atoms with Crippen LogP contribution in [0.5, 0.6) is 0 Å². The first-order chi connectivity index (χ1) is 15.8. The fourth-order valence-electron chi connectivity index (χ4n) is 5.74. The molecule has 33 heavy (non-hydrogen) atoms. The lowest BCUT2D eigenvalue weighted by Crippen LogP contribution is -2.41. The Labute approximate surface area is 202 Å². The lowest BCUT2D eigenvalue weighted by Gasteiger charge is -2.29. The highest BCUT2D eigenvalue weighted by Gasteiger charge is 2.50. The van der Waals surface area contributed by atoms with E-state index in [2.05, 4.69) is 18.6 Å². The van der Waals surface area contributed by atoms with Crippen LogP contribution in [0.3, 0.4) is 0 Å². The SMILES string of the molecule is CCCCCCC1CCC(S(=O)(=O)C(=[N+]=[N-])S(=O)(=O)C2CCC(CCCCCC)CC2)CC1. The van der Waals surface area contributed by atoms with Crippen molar-refractivity contribution in [2.45, 2.75) is 140 Å². The van der Waals surface area contributed by atoms with Crippen molar-refractivity contribution in [3.8, 4) is 0 Å². The second-order valence-corrected chi connectivity index (χ2v) is 15.0. The lowest BCUT2D eigenvalue weighted by atomic mass is 9.85. The molecule has 192 valence electrons. The van der Waals surface area contributed by atoms with Crippen LogP contribution in [-0.4, -0.2) is 36.5 Å². The molecule has 2 rings (SSSR count). The fourth-order valence-corrected chi connectivity index (χ4v) is 10.4. The van der Waals surface area contributed by atoms with Gasteiger partial charge in [0.15, 0.2) is 0 Å². The molecule has 0 aromatic carbocycles. The van der Waals surface area contributed by atoms with E-state index in [4.69, 9.17) is 0 Å². The molecule has 0 heterocycles. The summed E-state index contributed by atoms with van der Waals surface area (Å²) in [5, 5.41) is -1.50. The van der Waals surface area contributed by atoms with Gasteiger partial charge in [0.1, 0.15) is 0 Å². The van der Waals surface area contributed by atoms with Crippen LogP contribution in [0.4, 0.5) is 0 Å². The fraction of sp³-hybridized carbons (Fsp3) is 0.960. The van der Waals surface area contributed by atoms with Crippen molar-refractivity contribution in [3.63, 3.8) is 0 Å². The molecule has 0 amide bonds. The number of nitrogens with zero attached hydrogens (tertiary/aromatic N) is 2. The van der Waals surface area contributed by atoms with E-state index in [1.165, 1.54) is 51.4 Å². The molecule has 2 aliphatic rings. The Bertz CT molecular complexity index is 768. The molecule has 0 bridgehead atoms. The maximum atomic E-state index is 13.2. The monoisotopic (exact) mass is 502 g/mol. The summed E-state index contributed by atoms with van der Waals surface area (Å²) in [6.45, 7) is 4.37. The zero-order valence-electron chi connectivity index (χ0n) is 20.9. The lowest BCUT2D eigenvalue weighted by molar-refractivity contribution is 0.00356. The molecule has 0 radical (unpaired) electrons. The average Bonchev–Trinajstić information content (AvgIpc) is 2.80. The highest BCUT2D eigenvalue weighted by molar-refractivity contribution is 8.31. The van der Waals surface area contributed by atoms with Crippen LogP contribution in [0, 0.1) is 11.8 Å². The molecule has 6 nitrogen and oxygen atoms in total. The van der Waals surface area contributed by atoms with Gasteiger partial charge in [-0.25, -0.2) is 16.8 Å². The highest BCUT2D eigenvalue weighted by Crippen LogP contribution is 2.36. The number of hydrogen-bond acceptors (Lipinski definition) is 4. The largest absolute Gasteiger partial charge is 0.495 e. The molecule has 0 aliphatic heterocycles. The highest BCUT2D eigenvalue weighted by atomic mass is 32.3. The Hall–Kier alpha value is -0.720. The minimum absolute atomic E-state index is 0.458. The zero-order chi connectivity index (χ0) is 24.3. The van der Waals surface area contributed by atoms with E-state index in [0.29, 0.717) is 37.5 Å². The molecule has 0 spiro atoms. The van der Waals surface area contributed by atoms with E-state index in [1.807, 2.05) is 0 Å². The van der Waals surface area contributed by atoms with Crippen molar-refractivity contribution < 1.29 is 21.6 Å². The Morgan fingerprint density at radius 1 is 0.636 bits per heavy atom. The topological polar surface area (TPSA) is 105 Å². The quantitative estimate of drug-likeness (QED) is 0.100. The van der Waals surface area contributed by atoms with E-state index in [1.54, 1.807) is 0 Å². The molecule has 8 heteroatoms. The van der Waals surface area contributed by atoms with Crippen molar-refractivity contribution in [1.82, 2.24) is 0 Å². The van der Waals surface area contributed by atoms with Crippen LogP contribution >= 0.6 is 0 Å². The third-order valence-electron chi connectivity index (χ3n) is 7.97. The standard InChI is InChI=1S/C25H46N2O4S2/c1-3-5-7-9-11-21-13-17-23(18-14-21)32(28,29)25(27-26)33(30,31)24-19-15-22(16-20-24)12-10-8-6-4-2/h21-24H,3-20H2,1-2H3. The molecule has 0 unspecified atom stereocenters. The number of hydrogen-bond donors (Lipinski definition) is 0. The molecule has 0 N–H and O–H groups in total. The van der Waals surface area contributed by atoms with Gasteiger partial charge in [-0.1, -0.05) is 78.1 Å². The van der Waals surface area contributed by atoms with Gasteiger partial charge in [0.2, 0.25) is 0 Å². The van der Waals surface area contributed by atoms with E-state index >= 15 is 0 Å². The van der Waals surface area contributed by atoms with Gasteiger partial charge < -0.3 is 5.53 Å². The van der Waals surface area contributed by atoms with Crippen LogP contribution < -0.4 is 0 Å². The third kappa shape index (κ3) is 8.17. The Morgan fingerprint density at radius 2 is 1.00 bits per heavy atom. The second kappa shape index (κ2) is 14.0. The van der Waals surface area contributed by atoms with Crippen molar-refractivity contribution in [3.05, 3.63) is 5.53 Å². The smallest absolute Gasteiger partial charge is 0.359 e. The molecule has 0 aromatic rings. The van der Waals surface area contributed by atoms with Gasteiger partial charge in [-0.15, -0.1) is 4.79 Å². The minimum atomic E-state index is -4.16. The van der Waals surface area contributed by atoms with Crippen LogP contribution in [0.2, 0.25) is 0 Å². The molecule has 0 saturated heterocycles. The van der Waals surface area contributed by atoms with Crippen LogP contribution in [0.1, 0.15) is 129 Å². The summed E-state index contributed by atoms with van der Waals surface area (Å²) in [5.74, 6) is 1.04. The van der Waals surface area contributed by atoms with Crippen molar-refractivity contribution in [1.29, 1.82) is 0 Å². The van der Waals surface area contributed by atoms with Gasteiger partial charge in [0.25, 0.3) is 19.7 Å². The number of sulfone groups is 2. The minimum Gasteiger partial charge on any atom is -0.359 e. The first-order valence-corrected chi connectivity index (χ1v) is 16.6. The van der Waals surface area contributed by atoms with Gasteiger partial charge in [-0.05, 0) is 63.2 Å². The Kier molecular flexibility index (Phi) is 12.1. The Morgan fingerprint density at radius 3 is 1.30 bits per heavy atom. The maximum absolute atomic E-state index is 13.2. The van der Waals surface area contributed by atoms with Crippen LogP contribution in [0.15, 0.2) is 0 Å². The van der Waals surface area contributed by atoms with Crippen molar-refractivity contribution in [2.24, 2.45) is 11.8 Å². The number of unbranched alkanes of at least 4 members (excludes halogenated alkanes) is 6. The van der Waals surface area contributed by atoms with Crippen molar-refractivity contribution in [2.75, 3.05) is 0 Å². The van der Waals surface area contributed by atoms with Gasteiger partial charge in [0, 0.05) is 0 Å².